The molecule has 0 aliphatic carbocycles. The number of carbonyl (C=O) groups excluding carboxylic acids is 2. The number of sulfonamides is 1. The molecule has 0 atom stereocenters. The number of benzene rings is 3. The second kappa shape index (κ2) is 12.6. The van der Waals surface area contributed by atoms with Crippen LogP contribution in [0.4, 0.5) is 5.69 Å². The van der Waals surface area contributed by atoms with Crippen molar-refractivity contribution in [2.75, 3.05) is 17.2 Å². The van der Waals surface area contributed by atoms with E-state index in [2.05, 4.69) is 10.5 Å². The Hall–Kier alpha value is -4.18. The Labute approximate surface area is 229 Å². The Balaban J connectivity index is 1.56. The number of rotatable bonds is 10. The molecule has 3 rings (SSSR count). The molecule has 3 aromatic rings. The zero-order chi connectivity index (χ0) is 28.6. The van der Waals surface area contributed by atoms with Crippen molar-refractivity contribution >= 4 is 33.8 Å². The van der Waals surface area contributed by atoms with E-state index in [9.17, 15) is 18.0 Å². The smallest absolute Gasteiger partial charge is 0.344 e. The first-order valence-electron chi connectivity index (χ1n) is 12.2. The molecule has 1 N–H and O–H groups in total. The largest absolute Gasteiger partial charge is 0.482 e. The lowest BCUT2D eigenvalue weighted by atomic mass is 10.1. The molecule has 0 unspecified atom stereocenters. The zero-order valence-corrected chi connectivity index (χ0v) is 23.5. The van der Waals surface area contributed by atoms with Crippen LogP contribution < -0.4 is 14.5 Å². The standard InChI is InChI=1S/C29H33N3O6S/c1-21-6-8-23(9-7-21)19-32(39(5,35)36)25-14-12-24(13-15-25)28(34)31-30-18-22-10-16-26(17-11-22)37-20-27(33)38-29(2,3)4/h6-18H,19-20H2,1-5H3,(H,31,34)/b30-18-. The van der Waals surface area contributed by atoms with E-state index in [1.54, 1.807) is 69.3 Å². The summed E-state index contributed by atoms with van der Waals surface area (Å²) in [7, 11) is -3.55. The van der Waals surface area contributed by atoms with Crippen molar-refractivity contribution in [3.05, 3.63) is 95.1 Å². The number of aryl methyl sites for hydroxylation is 1. The van der Waals surface area contributed by atoms with Gasteiger partial charge in [0.1, 0.15) is 11.4 Å². The predicted molar refractivity (Wildman–Crippen MR) is 151 cm³/mol. The van der Waals surface area contributed by atoms with Crippen LogP contribution in [0.2, 0.25) is 0 Å². The third-order valence-corrected chi connectivity index (χ3v) is 6.44. The maximum Gasteiger partial charge on any atom is 0.344 e. The summed E-state index contributed by atoms with van der Waals surface area (Å²) in [6, 6.07) is 20.7. The number of esters is 1. The van der Waals surface area contributed by atoms with E-state index in [1.165, 1.54) is 10.5 Å². The quantitative estimate of drug-likeness (QED) is 0.226. The lowest BCUT2D eigenvalue weighted by Crippen LogP contribution is -2.29. The van der Waals surface area contributed by atoms with E-state index in [-0.39, 0.29) is 13.2 Å². The number of amides is 1. The average molecular weight is 552 g/mol. The zero-order valence-electron chi connectivity index (χ0n) is 22.7. The lowest BCUT2D eigenvalue weighted by Gasteiger charge is -2.22. The summed E-state index contributed by atoms with van der Waals surface area (Å²) in [5.41, 5.74) is 5.29. The number of nitrogens with zero attached hydrogens (tertiary/aromatic N) is 2. The van der Waals surface area contributed by atoms with Crippen LogP contribution >= 0.6 is 0 Å². The van der Waals surface area contributed by atoms with Gasteiger partial charge in [0, 0.05) is 5.56 Å². The minimum Gasteiger partial charge on any atom is -0.482 e. The van der Waals surface area contributed by atoms with Gasteiger partial charge in [-0.05, 0) is 87.4 Å². The van der Waals surface area contributed by atoms with Gasteiger partial charge in [-0.2, -0.15) is 5.10 Å². The number of nitrogens with one attached hydrogen (secondary N) is 1. The number of ether oxygens (including phenoxy) is 2. The summed E-state index contributed by atoms with van der Waals surface area (Å²) in [5.74, 6) is -0.411. The minimum atomic E-state index is -3.55. The molecule has 0 aliphatic heterocycles. The van der Waals surface area contributed by atoms with Crippen LogP contribution in [-0.4, -0.2) is 45.0 Å². The SMILES string of the molecule is Cc1ccc(CN(c2ccc(C(=O)N/N=C\c3ccc(OCC(=O)OC(C)(C)C)cc3)cc2)S(C)(=O)=O)cc1. The van der Waals surface area contributed by atoms with Crippen molar-refractivity contribution in [1.82, 2.24) is 5.43 Å². The highest BCUT2D eigenvalue weighted by atomic mass is 32.2. The molecular formula is C29H33N3O6S. The summed E-state index contributed by atoms with van der Waals surface area (Å²) in [5, 5.41) is 3.98. The normalized spacial score (nSPS) is 11.7. The maximum absolute atomic E-state index is 12.5. The van der Waals surface area contributed by atoms with Gasteiger partial charge in [-0.1, -0.05) is 29.8 Å². The molecule has 0 fully saturated rings. The molecule has 3 aromatic carbocycles. The van der Waals surface area contributed by atoms with Crippen LogP contribution in [0.1, 0.15) is 47.8 Å². The monoisotopic (exact) mass is 551 g/mol. The molecule has 0 bridgehead atoms. The predicted octanol–water partition coefficient (Wildman–Crippen LogP) is 4.45. The Morgan fingerprint density at radius 2 is 1.56 bits per heavy atom. The number of hydrazone groups is 1. The van der Waals surface area contributed by atoms with E-state index >= 15 is 0 Å². The highest BCUT2D eigenvalue weighted by Crippen LogP contribution is 2.21. The minimum absolute atomic E-state index is 0.180. The van der Waals surface area contributed by atoms with Crippen molar-refractivity contribution in [2.24, 2.45) is 5.10 Å². The average Bonchev–Trinajstić information content (AvgIpc) is 2.86. The molecule has 0 saturated carbocycles. The van der Waals surface area contributed by atoms with Crippen LogP contribution in [0.5, 0.6) is 5.75 Å². The van der Waals surface area contributed by atoms with Crippen molar-refractivity contribution in [1.29, 1.82) is 0 Å². The first-order chi connectivity index (χ1) is 18.3. The molecule has 0 heterocycles. The summed E-state index contributed by atoms with van der Waals surface area (Å²) in [6.07, 6.45) is 2.62. The summed E-state index contributed by atoms with van der Waals surface area (Å²) < 4.78 is 36.8. The van der Waals surface area contributed by atoms with Gasteiger partial charge in [-0.3, -0.25) is 9.10 Å². The Kier molecular flexibility index (Phi) is 9.47. The Morgan fingerprint density at radius 3 is 2.13 bits per heavy atom. The molecule has 0 saturated heterocycles. The van der Waals surface area contributed by atoms with Crippen LogP contribution in [0.25, 0.3) is 0 Å². The Morgan fingerprint density at radius 1 is 0.949 bits per heavy atom. The molecule has 0 aliphatic rings. The highest BCUT2D eigenvalue weighted by Gasteiger charge is 2.19. The fraction of sp³-hybridized carbons (Fsp3) is 0.276. The highest BCUT2D eigenvalue weighted by molar-refractivity contribution is 7.92. The molecule has 206 valence electrons. The van der Waals surface area contributed by atoms with Crippen LogP contribution in [0.3, 0.4) is 0 Å². The second-order valence-electron chi connectivity index (χ2n) is 9.95. The van der Waals surface area contributed by atoms with E-state index in [1.807, 2.05) is 31.2 Å². The first-order valence-corrected chi connectivity index (χ1v) is 14.1. The van der Waals surface area contributed by atoms with Crippen molar-refractivity contribution in [3.63, 3.8) is 0 Å². The summed E-state index contributed by atoms with van der Waals surface area (Å²) in [6.45, 7) is 7.30. The molecule has 10 heteroatoms. The van der Waals surface area contributed by atoms with Gasteiger partial charge in [0.15, 0.2) is 6.61 Å². The Bertz CT molecular complexity index is 1410. The molecular weight excluding hydrogens is 518 g/mol. The topological polar surface area (TPSA) is 114 Å². The third-order valence-electron chi connectivity index (χ3n) is 5.30. The fourth-order valence-electron chi connectivity index (χ4n) is 3.43. The molecule has 0 aromatic heterocycles. The fourth-order valence-corrected chi connectivity index (χ4v) is 4.32. The van der Waals surface area contributed by atoms with E-state index < -0.39 is 27.5 Å². The molecule has 9 nitrogen and oxygen atoms in total. The lowest BCUT2D eigenvalue weighted by molar-refractivity contribution is -0.157. The summed E-state index contributed by atoms with van der Waals surface area (Å²) >= 11 is 0. The number of hydrogen-bond donors (Lipinski definition) is 1. The van der Waals surface area contributed by atoms with E-state index in [4.69, 9.17) is 9.47 Å². The van der Waals surface area contributed by atoms with Gasteiger partial charge in [-0.25, -0.2) is 18.6 Å². The van der Waals surface area contributed by atoms with Gasteiger partial charge >= 0.3 is 5.97 Å². The van der Waals surface area contributed by atoms with Crippen molar-refractivity contribution < 1.29 is 27.5 Å². The van der Waals surface area contributed by atoms with Gasteiger partial charge < -0.3 is 9.47 Å². The number of carbonyl (C=O) groups is 2. The van der Waals surface area contributed by atoms with Crippen molar-refractivity contribution in [3.8, 4) is 5.75 Å². The molecule has 0 spiro atoms. The second-order valence-corrected chi connectivity index (χ2v) is 11.9. The maximum atomic E-state index is 12.5. The summed E-state index contributed by atoms with van der Waals surface area (Å²) in [4.78, 5) is 24.3. The van der Waals surface area contributed by atoms with E-state index in [0.717, 1.165) is 17.4 Å². The van der Waals surface area contributed by atoms with Gasteiger partial charge in [0.2, 0.25) is 10.0 Å². The number of anilines is 1. The van der Waals surface area contributed by atoms with Crippen molar-refractivity contribution in [2.45, 2.75) is 39.8 Å². The third kappa shape index (κ3) is 9.57. The molecule has 0 radical (unpaired) electrons. The molecule has 39 heavy (non-hydrogen) atoms. The van der Waals surface area contributed by atoms with E-state index in [0.29, 0.717) is 22.6 Å². The van der Waals surface area contributed by atoms with Gasteiger partial charge in [0.05, 0.1) is 24.7 Å². The van der Waals surface area contributed by atoms with Gasteiger partial charge in [-0.15, -0.1) is 0 Å². The molecule has 1 amide bonds. The number of hydrogen-bond acceptors (Lipinski definition) is 7. The van der Waals surface area contributed by atoms with Crippen LogP contribution in [-0.2, 0) is 26.1 Å². The van der Waals surface area contributed by atoms with Crippen LogP contribution in [0.15, 0.2) is 77.9 Å². The first kappa shape index (κ1) is 29.4. The van der Waals surface area contributed by atoms with Gasteiger partial charge in [0.25, 0.3) is 5.91 Å². The van der Waals surface area contributed by atoms with Crippen LogP contribution in [0, 0.1) is 6.92 Å².